The Hall–Kier alpha value is -2.53. The number of imide groups is 1. The zero-order valence-electron chi connectivity index (χ0n) is 15.1. The Bertz CT molecular complexity index is 841. The summed E-state index contributed by atoms with van der Waals surface area (Å²) in [5.74, 6) is 0.471. The van der Waals surface area contributed by atoms with Crippen LogP contribution in [0.2, 0.25) is 0 Å². The standard InChI is InChI=1S/C21H21NO3S/c1-14(2)13-22-20(23)18(15-9-11-16(25-3)12-10-15)19(21(22)24)26-17-7-5-4-6-8-17/h4-12,14H,13H2,1-3H3. The summed E-state index contributed by atoms with van der Waals surface area (Å²) in [6.45, 7) is 4.40. The molecular weight excluding hydrogens is 346 g/mol. The van der Waals surface area contributed by atoms with E-state index in [0.717, 1.165) is 10.5 Å². The van der Waals surface area contributed by atoms with Crippen molar-refractivity contribution in [1.82, 2.24) is 4.90 Å². The first-order valence-corrected chi connectivity index (χ1v) is 9.30. The fourth-order valence-corrected chi connectivity index (χ4v) is 3.83. The van der Waals surface area contributed by atoms with Gasteiger partial charge in [0.2, 0.25) is 0 Å². The first kappa shape index (κ1) is 18.3. The SMILES string of the molecule is COc1ccc(C2=C(Sc3ccccc3)C(=O)N(CC(C)C)C2=O)cc1. The molecular formula is C21H21NO3S. The largest absolute Gasteiger partial charge is 0.497 e. The van der Waals surface area contributed by atoms with Crippen molar-refractivity contribution in [3.05, 3.63) is 65.1 Å². The van der Waals surface area contributed by atoms with Crippen LogP contribution < -0.4 is 4.74 Å². The second kappa shape index (κ2) is 7.79. The summed E-state index contributed by atoms with van der Waals surface area (Å²) in [4.78, 5) is 28.7. The van der Waals surface area contributed by atoms with Gasteiger partial charge in [-0.25, -0.2) is 0 Å². The molecule has 0 radical (unpaired) electrons. The number of carbonyl (C=O) groups is 2. The summed E-state index contributed by atoms with van der Waals surface area (Å²) in [7, 11) is 1.60. The molecule has 0 atom stereocenters. The van der Waals surface area contributed by atoms with Crippen molar-refractivity contribution in [2.75, 3.05) is 13.7 Å². The van der Waals surface area contributed by atoms with Crippen LogP contribution in [0.3, 0.4) is 0 Å². The minimum absolute atomic E-state index is 0.209. The Morgan fingerprint density at radius 2 is 1.62 bits per heavy atom. The lowest BCUT2D eigenvalue weighted by molar-refractivity contribution is -0.137. The lowest BCUT2D eigenvalue weighted by Crippen LogP contribution is -2.34. The van der Waals surface area contributed by atoms with Gasteiger partial charge in [0.25, 0.3) is 11.8 Å². The van der Waals surface area contributed by atoms with E-state index in [1.165, 1.54) is 16.7 Å². The van der Waals surface area contributed by atoms with E-state index in [4.69, 9.17) is 4.74 Å². The first-order chi connectivity index (χ1) is 12.5. The molecule has 1 aliphatic rings. The van der Waals surface area contributed by atoms with E-state index < -0.39 is 0 Å². The van der Waals surface area contributed by atoms with Crippen molar-refractivity contribution in [2.24, 2.45) is 5.92 Å². The highest BCUT2D eigenvalue weighted by molar-refractivity contribution is 8.04. The van der Waals surface area contributed by atoms with E-state index in [0.29, 0.717) is 22.8 Å². The molecule has 4 nitrogen and oxygen atoms in total. The van der Waals surface area contributed by atoms with Gasteiger partial charge in [-0.3, -0.25) is 14.5 Å². The molecule has 0 saturated carbocycles. The molecule has 0 bridgehead atoms. The summed E-state index contributed by atoms with van der Waals surface area (Å²) in [6.07, 6.45) is 0. The number of hydrogen-bond acceptors (Lipinski definition) is 4. The Kier molecular flexibility index (Phi) is 5.47. The van der Waals surface area contributed by atoms with Crippen LogP contribution in [-0.2, 0) is 9.59 Å². The zero-order chi connectivity index (χ0) is 18.7. The Morgan fingerprint density at radius 3 is 2.19 bits per heavy atom. The molecule has 26 heavy (non-hydrogen) atoms. The van der Waals surface area contributed by atoms with Crippen LogP contribution in [0.5, 0.6) is 5.75 Å². The highest BCUT2D eigenvalue weighted by atomic mass is 32.2. The van der Waals surface area contributed by atoms with Crippen LogP contribution in [0, 0.1) is 5.92 Å². The van der Waals surface area contributed by atoms with Crippen molar-refractivity contribution in [3.63, 3.8) is 0 Å². The molecule has 0 saturated heterocycles. The van der Waals surface area contributed by atoms with Crippen molar-refractivity contribution in [3.8, 4) is 5.75 Å². The third-order valence-corrected chi connectivity index (χ3v) is 5.11. The van der Waals surface area contributed by atoms with E-state index >= 15 is 0 Å². The molecule has 2 amide bonds. The number of amides is 2. The molecule has 0 aliphatic carbocycles. The molecule has 1 heterocycles. The number of ether oxygens (including phenoxy) is 1. The molecule has 5 heteroatoms. The van der Waals surface area contributed by atoms with Crippen molar-refractivity contribution < 1.29 is 14.3 Å². The average Bonchev–Trinajstić information content (AvgIpc) is 2.87. The van der Waals surface area contributed by atoms with Gasteiger partial charge in [0, 0.05) is 11.4 Å². The topological polar surface area (TPSA) is 46.6 Å². The van der Waals surface area contributed by atoms with Gasteiger partial charge in [-0.15, -0.1) is 0 Å². The number of thioether (sulfide) groups is 1. The maximum atomic E-state index is 13.0. The monoisotopic (exact) mass is 367 g/mol. The number of benzene rings is 2. The molecule has 134 valence electrons. The second-order valence-corrected chi connectivity index (χ2v) is 7.55. The predicted molar refractivity (Wildman–Crippen MR) is 104 cm³/mol. The molecule has 2 aromatic carbocycles. The van der Waals surface area contributed by atoms with Gasteiger partial charge >= 0.3 is 0 Å². The summed E-state index contributed by atoms with van der Waals surface area (Å²) in [5.41, 5.74) is 1.20. The van der Waals surface area contributed by atoms with Crippen LogP contribution in [0.4, 0.5) is 0 Å². The fraction of sp³-hybridized carbons (Fsp3) is 0.238. The van der Waals surface area contributed by atoms with Gasteiger partial charge in [0.05, 0.1) is 17.6 Å². The van der Waals surface area contributed by atoms with Gasteiger partial charge in [0.15, 0.2) is 0 Å². The van der Waals surface area contributed by atoms with Crippen LogP contribution in [0.1, 0.15) is 19.4 Å². The maximum absolute atomic E-state index is 13.0. The van der Waals surface area contributed by atoms with E-state index in [2.05, 4.69) is 0 Å². The lowest BCUT2D eigenvalue weighted by atomic mass is 10.1. The number of rotatable bonds is 6. The first-order valence-electron chi connectivity index (χ1n) is 8.49. The Labute approximate surface area is 157 Å². The van der Waals surface area contributed by atoms with Gasteiger partial charge in [-0.1, -0.05) is 55.9 Å². The molecule has 0 aromatic heterocycles. The molecule has 3 rings (SSSR count). The van der Waals surface area contributed by atoms with Crippen LogP contribution in [0.15, 0.2) is 64.4 Å². The van der Waals surface area contributed by atoms with E-state index in [1.807, 2.05) is 56.3 Å². The molecule has 0 spiro atoms. The quantitative estimate of drug-likeness (QED) is 0.717. The zero-order valence-corrected chi connectivity index (χ0v) is 15.9. The second-order valence-electron chi connectivity index (χ2n) is 6.46. The van der Waals surface area contributed by atoms with Crippen LogP contribution in [-0.4, -0.2) is 30.4 Å². The molecule has 2 aromatic rings. The highest BCUT2D eigenvalue weighted by Gasteiger charge is 2.39. The predicted octanol–water partition coefficient (Wildman–Crippen LogP) is 4.22. The Morgan fingerprint density at radius 1 is 0.962 bits per heavy atom. The summed E-state index contributed by atoms with van der Waals surface area (Å²) >= 11 is 1.34. The summed E-state index contributed by atoms with van der Waals surface area (Å²) < 4.78 is 5.19. The number of hydrogen-bond donors (Lipinski definition) is 0. The number of nitrogens with zero attached hydrogens (tertiary/aromatic N) is 1. The number of methoxy groups -OCH3 is 1. The van der Waals surface area contributed by atoms with Gasteiger partial charge < -0.3 is 4.74 Å². The van der Waals surface area contributed by atoms with Crippen LogP contribution in [0.25, 0.3) is 5.57 Å². The third kappa shape index (κ3) is 3.68. The number of carbonyl (C=O) groups excluding carboxylic acids is 2. The molecule has 0 unspecified atom stereocenters. The van der Waals surface area contributed by atoms with Gasteiger partial charge in [0.1, 0.15) is 5.75 Å². The maximum Gasteiger partial charge on any atom is 0.268 e. The third-order valence-electron chi connectivity index (χ3n) is 4.02. The van der Waals surface area contributed by atoms with E-state index in [9.17, 15) is 9.59 Å². The van der Waals surface area contributed by atoms with E-state index in [1.54, 1.807) is 19.2 Å². The molecule has 1 aliphatic heterocycles. The lowest BCUT2D eigenvalue weighted by Gasteiger charge is -2.17. The smallest absolute Gasteiger partial charge is 0.268 e. The Balaban J connectivity index is 2.04. The van der Waals surface area contributed by atoms with Crippen molar-refractivity contribution in [1.29, 1.82) is 0 Å². The van der Waals surface area contributed by atoms with Gasteiger partial charge in [-0.05, 0) is 35.7 Å². The van der Waals surface area contributed by atoms with Crippen molar-refractivity contribution in [2.45, 2.75) is 18.7 Å². The normalized spacial score (nSPS) is 14.5. The van der Waals surface area contributed by atoms with Crippen LogP contribution >= 0.6 is 11.8 Å². The van der Waals surface area contributed by atoms with E-state index in [-0.39, 0.29) is 17.7 Å². The molecule has 0 N–H and O–H groups in total. The highest BCUT2D eigenvalue weighted by Crippen LogP contribution is 2.40. The fourth-order valence-electron chi connectivity index (χ4n) is 2.80. The minimum atomic E-state index is -0.229. The van der Waals surface area contributed by atoms with Gasteiger partial charge in [-0.2, -0.15) is 0 Å². The summed E-state index contributed by atoms with van der Waals surface area (Å²) in [5, 5.41) is 0. The molecule has 0 fully saturated rings. The summed E-state index contributed by atoms with van der Waals surface area (Å²) in [6, 6.07) is 16.9. The van der Waals surface area contributed by atoms with Crippen molar-refractivity contribution >= 4 is 29.1 Å². The minimum Gasteiger partial charge on any atom is -0.497 e. The average molecular weight is 367 g/mol.